The van der Waals surface area contributed by atoms with Crippen LogP contribution in [0.15, 0.2) is 70.7 Å². The zero-order valence-electron chi connectivity index (χ0n) is 23.7. The van der Waals surface area contributed by atoms with Crippen LogP contribution in [0.5, 0.6) is 28.7 Å². The number of nitrogens with one attached hydrogen (secondary N) is 1. The average Bonchev–Trinajstić information content (AvgIpc) is 3.02. The van der Waals surface area contributed by atoms with E-state index in [2.05, 4.69) is 15.3 Å². The summed E-state index contributed by atoms with van der Waals surface area (Å²) in [5, 5.41) is 3.93. The summed E-state index contributed by atoms with van der Waals surface area (Å²) in [6.07, 6.45) is 1.36. The molecular weight excluding hydrogens is 570 g/mol. The number of benzene rings is 3. The lowest BCUT2D eigenvalue weighted by Crippen LogP contribution is -2.39. The van der Waals surface area contributed by atoms with Crippen LogP contribution in [0.2, 0.25) is 0 Å². The summed E-state index contributed by atoms with van der Waals surface area (Å²) >= 11 is 0. The molecule has 14 heteroatoms. The Labute approximate surface area is 243 Å². The van der Waals surface area contributed by atoms with Crippen molar-refractivity contribution in [2.45, 2.75) is 4.90 Å². The molecule has 0 fully saturated rings. The Morgan fingerprint density at radius 1 is 0.810 bits per heavy atom. The van der Waals surface area contributed by atoms with Crippen molar-refractivity contribution in [3.63, 3.8) is 0 Å². The van der Waals surface area contributed by atoms with Crippen molar-refractivity contribution in [2.75, 3.05) is 53.0 Å². The average molecular weight is 602 g/mol. The number of hydrogen-bond acceptors (Lipinski definition) is 11. The molecule has 13 nitrogen and oxygen atoms in total. The van der Waals surface area contributed by atoms with Crippen LogP contribution in [0.4, 0.5) is 5.69 Å². The summed E-state index contributed by atoms with van der Waals surface area (Å²) in [7, 11) is 2.52. The highest BCUT2D eigenvalue weighted by Crippen LogP contribution is 2.37. The molecule has 0 aromatic heterocycles. The number of hydrazone groups is 1. The predicted octanol–water partition coefficient (Wildman–Crippen LogP) is 2.62. The van der Waals surface area contributed by atoms with Crippen LogP contribution < -0.4 is 33.4 Å². The van der Waals surface area contributed by atoms with Crippen LogP contribution in [0, 0.1) is 0 Å². The number of carbonyl (C=O) groups is 2. The van der Waals surface area contributed by atoms with Crippen molar-refractivity contribution in [3.05, 3.63) is 66.2 Å². The largest absolute Gasteiger partial charge is 0.497 e. The van der Waals surface area contributed by atoms with Crippen LogP contribution in [0.25, 0.3) is 0 Å². The van der Waals surface area contributed by atoms with Crippen molar-refractivity contribution in [1.29, 1.82) is 0 Å². The molecule has 0 radical (unpaired) electrons. The van der Waals surface area contributed by atoms with E-state index in [0.717, 1.165) is 4.31 Å². The molecule has 0 saturated carbocycles. The summed E-state index contributed by atoms with van der Waals surface area (Å²) < 4.78 is 59.7. The van der Waals surface area contributed by atoms with Crippen molar-refractivity contribution < 1.29 is 46.4 Å². The molecule has 0 aliphatic heterocycles. The summed E-state index contributed by atoms with van der Waals surface area (Å²) in [5.41, 5.74) is 3.00. The summed E-state index contributed by atoms with van der Waals surface area (Å²) in [6, 6.07) is 15.2. The Balaban J connectivity index is 1.87. The molecule has 0 spiro atoms. The molecule has 3 aromatic carbocycles. The minimum atomic E-state index is -4.36. The fourth-order valence-corrected chi connectivity index (χ4v) is 5.03. The van der Waals surface area contributed by atoms with Gasteiger partial charge >= 0.3 is 5.97 Å². The highest BCUT2D eigenvalue weighted by molar-refractivity contribution is 7.92. The maximum absolute atomic E-state index is 13.9. The molecular formula is C28H31N3O10S. The lowest BCUT2D eigenvalue weighted by molar-refractivity contribution is -0.142. The summed E-state index contributed by atoms with van der Waals surface area (Å²) in [6.45, 7) is -0.890. The van der Waals surface area contributed by atoms with E-state index < -0.39 is 28.4 Å². The van der Waals surface area contributed by atoms with Crippen molar-refractivity contribution in [1.82, 2.24) is 5.43 Å². The van der Waals surface area contributed by atoms with Gasteiger partial charge < -0.3 is 28.4 Å². The topological polar surface area (TPSA) is 151 Å². The van der Waals surface area contributed by atoms with Gasteiger partial charge in [-0.05, 0) is 54.1 Å². The monoisotopic (exact) mass is 601 g/mol. The minimum absolute atomic E-state index is 0.0632. The van der Waals surface area contributed by atoms with Gasteiger partial charge in [-0.1, -0.05) is 0 Å². The Morgan fingerprint density at radius 3 is 2.07 bits per heavy atom. The van der Waals surface area contributed by atoms with Gasteiger partial charge in [0.05, 0.1) is 52.3 Å². The maximum atomic E-state index is 13.9. The number of methoxy groups -OCH3 is 5. The molecule has 0 aliphatic rings. The van der Waals surface area contributed by atoms with E-state index in [1.165, 1.54) is 72.1 Å². The molecule has 224 valence electrons. The Hall–Kier alpha value is -4.98. The lowest BCUT2D eigenvalue weighted by Gasteiger charge is -2.26. The van der Waals surface area contributed by atoms with Gasteiger partial charge in [-0.15, -0.1) is 0 Å². The number of hydrogen-bond donors (Lipinski definition) is 1. The van der Waals surface area contributed by atoms with Gasteiger partial charge in [0.2, 0.25) is 0 Å². The molecule has 0 bridgehead atoms. The highest BCUT2D eigenvalue weighted by atomic mass is 32.2. The van der Waals surface area contributed by atoms with Crippen molar-refractivity contribution in [3.8, 4) is 28.7 Å². The Morgan fingerprint density at radius 2 is 1.45 bits per heavy atom. The zero-order chi connectivity index (χ0) is 30.7. The first-order chi connectivity index (χ1) is 20.2. The van der Waals surface area contributed by atoms with Gasteiger partial charge in [0, 0.05) is 12.1 Å². The molecule has 0 aliphatic carbocycles. The molecule has 1 N–H and O–H groups in total. The number of nitrogens with zero attached hydrogens (tertiary/aromatic N) is 2. The molecule has 3 aromatic rings. The second-order valence-corrected chi connectivity index (χ2v) is 10.2. The van der Waals surface area contributed by atoms with Crippen LogP contribution in [0.1, 0.15) is 5.56 Å². The van der Waals surface area contributed by atoms with Gasteiger partial charge in [-0.3, -0.25) is 9.10 Å². The first-order valence-electron chi connectivity index (χ1n) is 12.2. The van der Waals surface area contributed by atoms with E-state index in [1.54, 1.807) is 30.3 Å². The van der Waals surface area contributed by atoms with Gasteiger partial charge in [-0.2, -0.15) is 5.10 Å². The molecule has 0 heterocycles. The second-order valence-electron chi connectivity index (χ2n) is 8.29. The number of carbonyl (C=O) groups excluding carboxylic acids is 2. The quantitative estimate of drug-likeness (QED) is 0.166. The first-order valence-corrected chi connectivity index (χ1v) is 13.7. The number of sulfonamides is 1. The van der Waals surface area contributed by atoms with E-state index in [-0.39, 0.29) is 28.7 Å². The lowest BCUT2D eigenvalue weighted by atomic mass is 10.2. The fourth-order valence-electron chi connectivity index (χ4n) is 3.59. The molecule has 0 atom stereocenters. The molecule has 42 heavy (non-hydrogen) atoms. The number of anilines is 1. The van der Waals surface area contributed by atoms with E-state index in [4.69, 9.17) is 23.7 Å². The summed E-state index contributed by atoms with van der Waals surface area (Å²) in [5.74, 6) is 0.227. The van der Waals surface area contributed by atoms with E-state index >= 15 is 0 Å². The van der Waals surface area contributed by atoms with Crippen LogP contribution in [-0.2, 0) is 24.3 Å². The third-order valence-corrected chi connectivity index (χ3v) is 7.51. The fraction of sp³-hybridized carbons (Fsp3) is 0.250. The molecule has 1 amide bonds. The number of ether oxygens (including phenoxy) is 6. The van der Waals surface area contributed by atoms with Crippen molar-refractivity contribution >= 4 is 33.8 Å². The normalized spacial score (nSPS) is 11.0. The molecule has 0 saturated heterocycles. The van der Waals surface area contributed by atoms with Crippen LogP contribution >= 0.6 is 0 Å². The third kappa shape index (κ3) is 7.81. The van der Waals surface area contributed by atoms with Gasteiger partial charge in [0.15, 0.2) is 18.1 Å². The van der Waals surface area contributed by atoms with Gasteiger partial charge in [0.25, 0.3) is 15.9 Å². The van der Waals surface area contributed by atoms with E-state index in [0.29, 0.717) is 22.8 Å². The first kappa shape index (κ1) is 31.5. The number of esters is 1. The zero-order valence-corrected chi connectivity index (χ0v) is 24.5. The predicted molar refractivity (Wildman–Crippen MR) is 153 cm³/mol. The third-order valence-electron chi connectivity index (χ3n) is 5.75. The second kappa shape index (κ2) is 14.6. The number of rotatable bonds is 14. The minimum Gasteiger partial charge on any atom is -0.497 e. The smallest absolute Gasteiger partial charge is 0.343 e. The van der Waals surface area contributed by atoms with Crippen LogP contribution in [0.3, 0.4) is 0 Å². The highest BCUT2D eigenvalue weighted by Gasteiger charge is 2.31. The van der Waals surface area contributed by atoms with Crippen LogP contribution in [-0.4, -0.2) is 75.2 Å². The molecule has 3 rings (SSSR count). The Bertz CT molecular complexity index is 1530. The van der Waals surface area contributed by atoms with E-state index in [1.807, 2.05) is 0 Å². The maximum Gasteiger partial charge on any atom is 0.343 e. The molecule has 0 unspecified atom stereocenters. The summed E-state index contributed by atoms with van der Waals surface area (Å²) in [4.78, 5) is 24.1. The van der Waals surface area contributed by atoms with Crippen molar-refractivity contribution in [2.24, 2.45) is 5.10 Å². The number of amides is 1. The SMILES string of the molecule is COC(=O)COc1ccc(/C=N\NC(=O)CN(c2cc(OC)ccc2OC)S(=O)(=O)c2ccc(OC)c(OC)c2)cc1. The Kier molecular flexibility index (Phi) is 11.0. The van der Waals surface area contributed by atoms with Gasteiger partial charge in [0.1, 0.15) is 23.8 Å². The standard InChI is InChI=1S/C28H31N3O10S/c1-36-21-10-12-24(37-2)23(14-21)31(42(34,35)22-11-13-25(38-3)26(15-22)39-4)17-27(32)30-29-16-19-6-8-20(9-7-19)41-18-28(33)40-5/h6-16H,17-18H2,1-5H3,(H,30,32)/b29-16-. The van der Waals surface area contributed by atoms with Gasteiger partial charge in [-0.25, -0.2) is 18.6 Å². The van der Waals surface area contributed by atoms with E-state index in [9.17, 15) is 18.0 Å².